The van der Waals surface area contributed by atoms with Crippen molar-refractivity contribution >= 4 is 5.91 Å². The summed E-state index contributed by atoms with van der Waals surface area (Å²) in [5, 5.41) is 4.19. The van der Waals surface area contributed by atoms with Crippen LogP contribution in [0.2, 0.25) is 0 Å². The minimum Gasteiger partial charge on any atom is -0.490 e. The summed E-state index contributed by atoms with van der Waals surface area (Å²) in [6.45, 7) is 10.4. The number of ether oxygens (including phenoxy) is 2. The maximum absolute atomic E-state index is 12.7. The van der Waals surface area contributed by atoms with Gasteiger partial charge in [-0.3, -0.25) is 4.79 Å². The van der Waals surface area contributed by atoms with Gasteiger partial charge < -0.3 is 18.9 Å². The molecule has 7 heteroatoms. The zero-order chi connectivity index (χ0) is 23.4. The van der Waals surface area contributed by atoms with Gasteiger partial charge in [0.15, 0.2) is 11.5 Å². The van der Waals surface area contributed by atoms with Crippen LogP contribution in [0.1, 0.15) is 48.8 Å². The van der Waals surface area contributed by atoms with E-state index in [9.17, 15) is 4.79 Å². The Labute approximate surface area is 194 Å². The highest BCUT2D eigenvalue weighted by Crippen LogP contribution is 2.31. The number of rotatable bonds is 9. The highest BCUT2D eigenvalue weighted by atomic mass is 16.5. The van der Waals surface area contributed by atoms with Gasteiger partial charge in [-0.1, -0.05) is 28.9 Å². The third kappa shape index (κ3) is 5.18. The number of likely N-dealkylation sites (tertiary alicyclic amines) is 1. The lowest BCUT2D eigenvalue weighted by Crippen LogP contribution is -2.27. The van der Waals surface area contributed by atoms with Gasteiger partial charge in [0.2, 0.25) is 17.6 Å². The van der Waals surface area contributed by atoms with Gasteiger partial charge in [-0.2, -0.15) is 4.98 Å². The largest absolute Gasteiger partial charge is 0.490 e. The molecule has 7 nitrogen and oxygen atoms in total. The standard InChI is InChI=1S/C26H31N3O4/c1-5-31-22-10-9-19(14-23(22)32-6-2)11-12-29-16-20(15-24(29)30)26-27-25(28-33-26)21-13-17(3)7-8-18(21)4/h7-10,13-14,20H,5-6,11-12,15-16H2,1-4H3. The fourth-order valence-corrected chi connectivity index (χ4v) is 4.16. The van der Waals surface area contributed by atoms with Gasteiger partial charge >= 0.3 is 0 Å². The van der Waals surface area contributed by atoms with E-state index >= 15 is 0 Å². The molecule has 0 radical (unpaired) electrons. The smallest absolute Gasteiger partial charge is 0.232 e. The molecule has 1 amide bonds. The molecule has 0 aliphatic carbocycles. The van der Waals surface area contributed by atoms with Crippen LogP contribution in [-0.4, -0.2) is 47.3 Å². The van der Waals surface area contributed by atoms with Crippen LogP contribution in [-0.2, 0) is 11.2 Å². The molecule has 2 heterocycles. The number of hydrogen-bond acceptors (Lipinski definition) is 6. The lowest BCUT2D eigenvalue weighted by Gasteiger charge is -2.17. The minimum absolute atomic E-state index is 0.0804. The van der Waals surface area contributed by atoms with Gasteiger partial charge in [0.05, 0.1) is 19.1 Å². The molecule has 1 aliphatic rings. The van der Waals surface area contributed by atoms with Gasteiger partial charge in [0.1, 0.15) is 0 Å². The van der Waals surface area contributed by atoms with Gasteiger partial charge in [-0.25, -0.2) is 0 Å². The van der Waals surface area contributed by atoms with Crippen molar-refractivity contribution < 1.29 is 18.8 Å². The summed E-state index contributed by atoms with van der Waals surface area (Å²) in [5.74, 6) is 2.63. The van der Waals surface area contributed by atoms with Crippen molar-refractivity contribution in [2.24, 2.45) is 0 Å². The molecule has 0 spiro atoms. The van der Waals surface area contributed by atoms with Crippen molar-refractivity contribution in [1.82, 2.24) is 15.0 Å². The first-order chi connectivity index (χ1) is 16.0. The van der Waals surface area contributed by atoms with Crippen molar-refractivity contribution in [3.8, 4) is 22.9 Å². The number of aryl methyl sites for hydroxylation is 2. The van der Waals surface area contributed by atoms with Crippen molar-refractivity contribution in [2.45, 2.75) is 46.5 Å². The second-order valence-electron chi connectivity index (χ2n) is 8.41. The number of carbonyl (C=O) groups excluding carboxylic acids is 1. The van der Waals surface area contributed by atoms with E-state index in [1.54, 1.807) is 0 Å². The Morgan fingerprint density at radius 3 is 2.64 bits per heavy atom. The first-order valence-corrected chi connectivity index (χ1v) is 11.6. The number of carbonyl (C=O) groups is 1. The SMILES string of the molecule is CCOc1ccc(CCN2CC(c3nc(-c4cc(C)ccc4C)no3)CC2=O)cc1OCC. The molecular formula is C26H31N3O4. The molecule has 1 saturated heterocycles. The minimum atomic E-state index is -0.0804. The number of aromatic nitrogens is 2. The Kier molecular flexibility index (Phi) is 6.96. The third-order valence-corrected chi connectivity index (χ3v) is 5.92. The summed E-state index contributed by atoms with van der Waals surface area (Å²) in [7, 11) is 0. The maximum Gasteiger partial charge on any atom is 0.232 e. The molecule has 0 N–H and O–H groups in total. The number of nitrogens with zero attached hydrogens (tertiary/aromatic N) is 3. The lowest BCUT2D eigenvalue weighted by atomic mass is 10.1. The van der Waals surface area contributed by atoms with Gasteiger partial charge in [-0.15, -0.1) is 0 Å². The van der Waals surface area contributed by atoms with Crippen LogP contribution >= 0.6 is 0 Å². The molecule has 4 rings (SSSR count). The Morgan fingerprint density at radius 2 is 1.85 bits per heavy atom. The average molecular weight is 450 g/mol. The van der Waals surface area contributed by atoms with Crippen LogP contribution in [0, 0.1) is 13.8 Å². The number of hydrogen-bond donors (Lipinski definition) is 0. The maximum atomic E-state index is 12.7. The lowest BCUT2D eigenvalue weighted by molar-refractivity contribution is -0.127. The first-order valence-electron chi connectivity index (χ1n) is 11.6. The van der Waals surface area contributed by atoms with Crippen molar-refractivity contribution in [3.05, 3.63) is 59.0 Å². The van der Waals surface area contributed by atoms with Crippen molar-refractivity contribution in [1.29, 1.82) is 0 Å². The van der Waals surface area contributed by atoms with E-state index in [1.807, 2.05) is 50.8 Å². The summed E-state index contributed by atoms with van der Waals surface area (Å²) < 4.78 is 16.9. The van der Waals surface area contributed by atoms with Gasteiger partial charge in [0.25, 0.3) is 0 Å². The molecule has 1 aromatic heterocycles. The van der Waals surface area contributed by atoms with Crippen molar-refractivity contribution in [3.63, 3.8) is 0 Å². The van der Waals surface area contributed by atoms with E-state index in [4.69, 9.17) is 14.0 Å². The van der Waals surface area contributed by atoms with Crippen LogP contribution in [0.4, 0.5) is 0 Å². The fourth-order valence-electron chi connectivity index (χ4n) is 4.16. The van der Waals surface area contributed by atoms with Crippen molar-refractivity contribution in [2.75, 3.05) is 26.3 Å². The van der Waals surface area contributed by atoms with Crippen LogP contribution in [0.25, 0.3) is 11.4 Å². The molecule has 1 atom stereocenters. The van der Waals surface area contributed by atoms with E-state index in [-0.39, 0.29) is 11.8 Å². The first kappa shape index (κ1) is 22.8. The van der Waals surface area contributed by atoms with Gasteiger partial charge in [-0.05, 0) is 63.4 Å². The second kappa shape index (κ2) is 10.1. The van der Waals surface area contributed by atoms with E-state index in [0.717, 1.165) is 40.2 Å². The highest BCUT2D eigenvalue weighted by Gasteiger charge is 2.34. The predicted octanol–water partition coefficient (Wildman–Crippen LogP) is 4.71. The molecule has 3 aromatic rings. The Morgan fingerprint density at radius 1 is 1.06 bits per heavy atom. The summed E-state index contributed by atoms with van der Waals surface area (Å²) in [6.07, 6.45) is 1.13. The Hall–Kier alpha value is -3.35. The van der Waals surface area contributed by atoms with Crippen LogP contribution in [0.5, 0.6) is 11.5 Å². The van der Waals surface area contributed by atoms with Crippen LogP contribution < -0.4 is 9.47 Å². The van der Waals surface area contributed by atoms with Crippen LogP contribution in [0.3, 0.4) is 0 Å². The van der Waals surface area contributed by atoms with Crippen LogP contribution in [0.15, 0.2) is 40.9 Å². The summed E-state index contributed by atoms with van der Waals surface area (Å²) in [6, 6.07) is 12.1. The molecule has 0 saturated carbocycles. The van der Waals surface area contributed by atoms with E-state index in [2.05, 4.69) is 28.3 Å². The molecule has 174 valence electrons. The summed E-state index contributed by atoms with van der Waals surface area (Å²) in [4.78, 5) is 19.2. The summed E-state index contributed by atoms with van der Waals surface area (Å²) >= 11 is 0. The number of amides is 1. The molecule has 1 fully saturated rings. The number of benzene rings is 2. The van der Waals surface area contributed by atoms with Gasteiger partial charge in [0, 0.05) is 25.1 Å². The zero-order valence-corrected chi connectivity index (χ0v) is 19.8. The second-order valence-corrected chi connectivity index (χ2v) is 8.41. The Balaban J connectivity index is 1.41. The average Bonchev–Trinajstić information content (AvgIpc) is 3.43. The Bertz CT molecular complexity index is 1120. The molecule has 0 bridgehead atoms. The molecule has 2 aromatic carbocycles. The molecule has 1 aliphatic heterocycles. The summed E-state index contributed by atoms with van der Waals surface area (Å²) in [5.41, 5.74) is 4.31. The highest BCUT2D eigenvalue weighted by molar-refractivity contribution is 5.79. The predicted molar refractivity (Wildman–Crippen MR) is 126 cm³/mol. The molecule has 33 heavy (non-hydrogen) atoms. The monoisotopic (exact) mass is 449 g/mol. The topological polar surface area (TPSA) is 77.7 Å². The molecular weight excluding hydrogens is 418 g/mol. The zero-order valence-electron chi connectivity index (χ0n) is 19.8. The molecule has 1 unspecified atom stereocenters. The van der Waals surface area contributed by atoms with E-state index < -0.39 is 0 Å². The van der Waals surface area contributed by atoms with E-state index in [0.29, 0.717) is 44.4 Å². The fraction of sp³-hybridized carbons (Fsp3) is 0.423. The normalized spacial score (nSPS) is 15.8. The van der Waals surface area contributed by atoms with E-state index in [1.165, 1.54) is 0 Å². The third-order valence-electron chi connectivity index (χ3n) is 5.92. The quantitative estimate of drug-likeness (QED) is 0.471.